The van der Waals surface area contributed by atoms with Crippen molar-refractivity contribution in [3.63, 3.8) is 0 Å². The number of nitrogens with zero attached hydrogens (tertiary/aromatic N) is 1. The van der Waals surface area contributed by atoms with Gasteiger partial charge in [-0.3, -0.25) is 0 Å². The van der Waals surface area contributed by atoms with E-state index in [0.717, 1.165) is 39.7 Å². The third kappa shape index (κ3) is 7.32. The Morgan fingerprint density at radius 2 is 1.50 bits per heavy atom. The summed E-state index contributed by atoms with van der Waals surface area (Å²) in [7, 11) is 1.53. The molecule has 0 amide bonds. The van der Waals surface area contributed by atoms with Crippen LogP contribution in [0.1, 0.15) is 30.5 Å². The standard InChI is InChI=1S/C25H31NO4/c1-6-7-13-29-24-16-19(2)25(20(3)17-24)30-15-9-8-14-28-23-12-10-11-22(18-23)21(4)26-27-5/h6-12,16-18H,13-15H2,1-5H3/b7-6+,9-8+,26-21?. The maximum Gasteiger partial charge on any atom is 0.125 e. The van der Waals surface area contributed by atoms with Crippen LogP contribution >= 0.6 is 0 Å². The number of hydrogen-bond donors (Lipinski definition) is 0. The van der Waals surface area contributed by atoms with E-state index in [4.69, 9.17) is 19.0 Å². The molecule has 160 valence electrons. The summed E-state index contributed by atoms with van der Waals surface area (Å²) in [6, 6.07) is 11.8. The maximum atomic E-state index is 5.94. The van der Waals surface area contributed by atoms with Gasteiger partial charge in [-0.1, -0.05) is 29.4 Å². The van der Waals surface area contributed by atoms with Crippen molar-refractivity contribution >= 4 is 5.71 Å². The second kappa shape index (κ2) is 12.4. The van der Waals surface area contributed by atoms with Crippen LogP contribution in [0.3, 0.4) is 0 Å². The highest BCUT2D eigenvalue weighted by Gasteiger charge is 2.06. The van der Waals surface area contributed by atoms with E-state index in [2.05, 4.69) is 5.16 Å². The largest absolute Gasteiger partial charge is 0.490 e. The fourth-order valence-corrected chi connectivity index (χ4v) is 2.87. The quantitative estimate of drug-likeness (QED) is 0.274. The summed E-state index contributed by atoms with van der Waals surface area (Å²) in [4.78, 5) is 4.82. The molecule has 5 heteroatoms. The first-order valence-electron chi connectivity index (χ1n) is 9.99. The summed E-state index contributed by atoms with van der Waals surface area (Å²) >= 11 is 0. The van der Waals surface area contributed by atoms with Crippen LogP contribution in [0.25, 0.3) is 0 Å². The Hall–Kier alpha value is -3.21. The third-order valence-electron chi connectivity index (χ3n) is 4.33. The third-order valence-corrected chi connectivity index (χ3v) is 4.33. The minimum atomic E-state index is 0.461. The molecular weight excluding hydrogens is 378 g/mol. The van der Waals surface area contributed by atoms with E-state index >= 15 is 0 Å². The Morgan fingerprint density at radius 3 is 2.17 bits per heavy atom. The number of aryl methyl sites for hydroxylation is 2. The predicted octanol–water partition coefficient (Wildman–Crippen LogP) is 5.64. The lowest BCUT2D eigenvalue weighted by Crippen LogP contribution is -2.01. The van der Waals surface area contributed by atoms with Gasteiger partial charge in [-0.05, 0) is 75.2 Å². The van der Waals surface area contributed by atoms with E-state index in [1.54, 1.807) is 0 Å². The summed E-state index contributed by atoms with van der Waals surface area (Å²) in [5.74, 6) is 2.52. The van der Waals surface area contributed by atoms with E-state index in [1.165, 1.54) is 7.11 Å². The molecule has 0 atom stereocenters. The molecule has 0 spiro atoms. The Morgan fingerprint density at radius 1 is 0.867 bits per heavy atom. The number of ether oxygens (including phenoxy) is 3. The number of oxime groups is 1. The second-order valence-corrected chi connectivity index (χ2v) is 6.75. The van der Waals surface area contributed by atoms with Crippen molar-refractivity contribution in [1.29, 1.82) is 0 Å². The van der Waals surface area contributed by atoms with E-state index in [0.29, 0.717) is 19.8 Å². The van der Waals surface area contributed by atoms with E-state index in [-0.39, 0.29) is 0 Å². The normalized spacial score (nSPS) is 11.8. The molecule has 0 radical (unpaired) electrons. The van der Waals surface area contributed by atoms with Gasteiger partial charge in [0.25, 0.3) is 0 Å². The minimum Gasteiger partial charge on any atom is -0.490 e. The summed E-state index contributed by atoms with van der Waals surface area (Å²) in [5.41, 5.74) is 3.88. The molecule has 0 aliphatic heterocycles. The van der Waals surface area contributed by atoms with Crippen molar-refractivity contribution in [2.45, 2.75) is 27.7 Å². The van der Waals surface area contributed by atoms with Gasteiger partial charge in [0, 0.05) is 5.56 Å². The summed E-state index contributed by atoms with van der Waals surface area (Å²) in [5, 5.41) is 3.94. The van der Waals surface area contributed by atoms with Gasteiger partial charge in [0.2, 0.25) is 0 Å². The van der Waals surface area contributed by atoms with Gasteiger partial charge in [-0.2, -0.15) is 0 Å². The monoisotopic (exact) mass is 409 g/mol. The topological polar surface area (TPSA) is 49.3 Å². The van der Waals surface area contributed by atoms with Crippen molar-refractivity contribution < 1.29 is 19.0 Å². The molecule has 0 bridgehead atoms. The zero-order chi connectivity index (χ0) is 21.8. The van der Waals surface area contributed by atoms with Crippen LogP contribution in [0, 0.1) is 13.8 Å². The lowest BCUT2D eigenvalue weighted by molar-refractivity contribution is 0.213. The Bertz CT molecular complexity index is 877. The van der Waals surface area contributed by atoms with Crippen LogP contribution < -0.4 is 14.2 Å². The van der Waals surface area contributed by atoms with E-state index in [1.807, 2.05) is 88.4 Å². The van der Waals surface area contributed by atoms with Crippen LogP contribution in [-0.2, 0) is 4.84 Å². The molecule has 0 unspecified atom stereocenters. The average Bonchev–Trinajstić information content (AvgIpc) is 2.73. The van der Waals surface area contributed by atoms with Crippen LogP contribution in [0.4, 0.5) is 0 Å². The number of allylic oxidation sites excluding steroid dienone is 1. The van der Waals surface area contributed by atoms with Crippen molar-refractivity contribution in [2.24, 2.45) is 5.16 Å². The number of benzene rings is 2. The lowest BCUT2D eigenvalue weighted by atomic mass is 10.1. The van der Waals surface area contributed by atoms with Crippen LogP contribution in [0.5, 0.6) is 17.2 Å². The van der Waals surface area contributed by atoms with Gasteiger partial charge in [0.15, 0.2) is 0 Å². The molecule has 0 aliphatic carbocycles. The molecular formula is C25H31NO4. The average molecular weight is 410 g/mol. The number of rotatable bonds is 11. The molecule has 0 saturated carbocycles. The number of hydrogen-bond acceptors (Lipinski definition) is 5. The zero-order valence-corrected chi connectivity index (χ0v) is 18.5. The van der Waals surface area contributed by atoms with E-state index in [9.17, 15) is 0 Å². The second-order valence-electron chi connectivity index (χ2n) is 6.75. The first kappa shape index (κ1) is 23.1. The maximum absolute atomic E-state index is 5.94. The minimum absolute atomic E-state index is 0.461. The molecule has 0 aliphatic rings. The molecule has 2 aromatic carbocycles. The molecule has 0 aromatic heterocycles. The molecule has 0 heterocycles. The van der Waals surface area contributed by atoms with Crippen LogP contribution in [0.15, 0.2) is 65.9 Å². The van der Waals surface area contributed by atoms with Gasteiger partial charge in [-0.15, -0.1) is 0 Å². The van der Waals surface area contributed by atoms with E-state index < -0.39 is 0 Å². The first-order valence-corrected chi connectivity index (χ1v) is 9.99. The zero-order valence-electron chi connectivity index (χ0n) is 18.5. The molecule has 0 saturated heterocycles. The van der Waals surface area contributed by atoms with Crippen molar-refractivity contribution in [1.82, 2.24) is 0 Å². The Labute approximate surface area is 179 Å². The molecule has 2 aromatic rings. The molecule has 2 rings (SSSR count). The van der Waals surface area contributed by atoms with Gasteiger partial charge in [-0.25, -0.2) is 0 Å². The fraction of sp³-hybridized carbons (Fsp3) is 0.320. The highest BCUT2D eigenvalue weighted by atomic mass is 16.6. The molecule has 5 nitrogen and oxygen atoms in total. The van der Waals surface area contributed by atoms with Crippen molar-refractivity contribution in [3.8, 4) is 17.2 Å². The molecule has 0 fully saturated rings. The predicted molar refractivity (Wildman–Crippen MR) is 122 cm³/mol. The summed E-state index contributed by atoms with van der Waals surface area (Å²) in [6.45, 7) is 9.43. The van der Waals surface area contributed by atoms with Gasteiger partial charge >= 0.3 is 0 Å². The summed E-state index contributed by atoms with van der Waals surface area (Å²) in [6.07, 6.45) is 7.85. The molecule has 30 heavy (non-hydrogen) atoms. The van der Waals surface area contributed by atoms with Crippen LogP contribution in [-0.4, -0.2) is 32.6 Å². The highest BCUT2D eigenvalue weighted by molar-refractivity contribution is 5.98. The Balaban J connectivity index is 1.83. The smallest absolute Gasteiger partial charge is 0.125 e. The SMILES string of the molecule is C/C=C/COc1cc(C)c(OC/C=C/COc2cccc(C(C)=NOC)c2)c(C)c1. The van der Waals surface area contributed by atoms with Gasteiger partial charge in [0.1, 0.15) is 44.2 Å². The fourth-order valence-electron chi connectivity index (χ4n) is 2.87. The summed E-state index contributed by atoms with van der Waals surface area (Å²) < 4.78 is 17.4. The van der Waals surface area contributed by atoms with Crippen molar-refractivity contribution in [3.05, 3.63) is 77.4 Å². The Kier molecular flexibility index (Phi) is 9.52. The van der Waals surface area contributed by atoms with Crippen molar-refractivity contribution in [2.75, 3.05) is 26.9 Å². The van der Waals surface area contributed by atoms with Crippen LogP contribution in [0.2, 0.25) is 0 Å². The lowest BCUT2D eigenvalue weighted by Gasteiger charge is -2.13. The highest BCUT2D eigenvalue weighted by Crippen LogP contribution is 2.28. The first-order chi connectivity index (χ1) is 14.5. The van der Waals surface area contributed by atoms with Gasteiger partial charge < -0.3 is 19.0 Å². The molecule has 0 N–H and O–H groups in total. The van der Waals surface area contributed by atoms with Gasteiger partial charge in [0.05, 0.1) is 5.71 Å².